The summed E-state index contributed by atoms with van der Waals surface area (Å²) < 4.78 is 5.34. The van der Waals surface area contributed by atoms with Crippen molar-refractivity contribution in [1.82, 2.24) is 5.32 Å². The first-order valence-electron chi connectivity index (χ1n) is 6.81. The van der Waals surface area contributed by atoms with Crippen LogP contribution >= 0.6 is 0 Å². The Hall–Kier alpha value is -1.55. The minimum absolute atomic E-state index is 0.0858. The third kappa shape index (κ3) is 2.73. The number of anilines is 1. The van der Waals surface area contributed by atoms with E-state index < -0.39 is 0 Å². The zero-order valence-corrected chi connectivity index (χ0v) is 11.5. The van der Waals surface area contributed by atoms with Crippen LogP contribution in [0.25, 0.3) is 0 Å². The van der Waals surface area contributed by atoms with Crippen LogP contribution in [0.4, 0.5) is 5.69 Å². The summed E-state index contributed by atoms with van der Waals surface area (Å²) in [5.41, 5.74) is 2.47. The molecule has 1 aromatic rings. The molecule has 1 aliphatic carbocycles. The SMILES string of the molecule is CC1(C)CC1CNCc1ccc2c(c1)NC(=O)CO2. The van der Waals surface area contributed by atoms with Crippen LogP contribution in [0.1, 0.15) is 25.8 Å². The van der Waals surface area contributed by atoms with Crippen LogP contribution in [-0.2, 0) is 11.3 Å². The van der Waals surface area contributed by atoms with Crippen molar-refractivity contribution in [2.24, 2.45) is 11.3 Å². The second-order valence-corrected chi connectivity index (χ2v) is 6.19. The summed E-state index contributed by atoms with van der Waals surface area (Å²) in [4.78, 5) is 11.3. The lowest BCUT2D eigenvalue weighted by molar-refractivity contribution is -0.118. The lowest BCUT2D eigenvalue weighted by atomic mass is 10.1. The van der Waals surface area contributed by atoms with Gasteiger partial charge in [0.15, 0.2) is 6.61 Å². The molecule has 2 aliphatic rings. The first-order valence-corrected chi connectivity index (χ1v) is 6.81. The lowest BCUT2D eigenvalue weighted by Gasteiger charge is -2.18. The van der Waals surface area contributed by atoms with Crippen LogP contribution in [0.3, 0.4) is 0 Å². The molecule has 1 saturated carbocycles. The van der Waals surface area contributed by atoms with E-state index in [1.807, 2.05) is 18.2 Å². The number of benzene rings is 1. The predicted octanol–water partition coefficient (Wildman–Crippen LogP) is 2.15. The molecule has 0 spiro atoms. The molecule has 2 N–H and O–H groups in total. The number of hydrogen-bond donors (Lipinski definition) is 2. The Labute approximate surface area is 113 Å². The van der Waals surface area contributed by atoms with Gasteiger partial charge in [-0.2, -0.15) is 0 Å². The van der Waals surface area contributed by atoms with E-state index in [2.05, 4.69) is 24.5 Å². The summed E-state index contributed by atoms with van der Waals surface area (Å²) in [6, 6.07) is 5.95. The quantitative estimate of drug-likeness (QED) is 0.872. The Kier molecular flexibility index (Phi) is 2.97. The highest BCUT2D eigenvalue weighted by Crippen LogP contribution is 2.50. The average Bonchev–Trinajstić information content (AvgIpc) is 2.96. The molecule has 4 heteroatoms. The smallest absolute Gasteiger partial charge is 0.262 e. The third-order valence-electron chi connectivity index (χ3n) is 4.11. The summed E-state index contributed by atoms with van der Waals surface area (Å²) in [7, 11) is 0. The van der Waals surface area contributed by atoms with Crippen molar-refractivity contribution in [1.29, 1.82) is 0 Å². The molecule has 1 heterocycles. The highest BCUT2D eigenvalue weighted by Gasteiger charge is 2.44. The van der Waals surface area contributed by atoms with Crippen molar-refractivity contribution in [3.8, 4) is 5.75 Å². The maximum atomic E-state index is 11.3. The van der Waals surface area contributed by atoms with Gasteiger partial charge in [-0.1, -0.05) is 19.9 Å². The van der Waals surface area contributed by atoms with Gasteiger partial charge >= 0.3 is 0 Å². The zero-order valence-electron chi connectivity index (χ0n) is 11.5. The molecule has 1 fully saturated rings. The zero-order chi connectivity index (χ0) is 13.5. The summed E-state index contributed by atoms with van der Waals surface area (Å²) in [6.07, 6.45) is 1.31. The second-order valence-electron chi connectivity index (χ2n) is 6.19. The summed E-state index contributed by atoms with van der Waals surface area (Å²) in [5.74, 6) is 1.47. The average molecular weight is 260 g/mol. The molecule has 0 aromatic heterocycles. The Morgan fingerprint density at radius 3 is 3.00 bits per heavy atom. The molecule has 0 bridgehead atoms. The topological polar surface area (TPSA) is 50.4 Å². The van der Waals surface area contributed by atoms with Crippen LogP contribution < -0.4 is 15.4 Å². The van der Waals surface area contributed by atoms with Gasteiger partial charge in [0.2, 0.25) is 0 Å². The number of rotatable bonds is 4. The molecule has 4 nitrogen and oxygen atoms in total. The van der Waals surface area contributed by atoms with Gasteiger partial charge in [-0.15, -0.1) is 0 Å². The van der Waals surface area contributed by atoms with E-state index in [9.17, 15) is 4.79 Å². The van der Waals surface area contributed by atoms with E-state index in [-0.39, 0.29) is 12.5 Å². The van der Waals surface area contributed by atoms with Gasteiger partial charge in [-0.25, -0.2) is 0 Å². The van der Waals surface area contributed by atoms with Gasteiger partial charge in [-0.05, 0) is 42.0 Å². The van der Waals surface area contributed by atoms with E-state index in [0.717, 1.165) is 30.4 Å². The lowest BCUT2D eigenvalue weighted by Crippen LogP contribution is -2.25. The molecule has 102 valence electrons. The molecule has 3 rings (SSSR count). The maximum absolute atomic E-state index is 11.3. The first kappa shape index (κ1) is 12.5. The van der Waals surface area contributed by atoms with Gasteiger partial charge in [0, 0.05) is 6.54 Å². The summed E-state index contributed by atoms with van der Waals surface area (Å²) >= 11 is 0. The molecule has 0 radical (unpaired) electrons. The summed E-state index contributed by atoms with van der Waals surface area (Å²) in [5, 5.41) is 6.32. The molecule has 1 atom stereocenters. The fourth-order valence-electron chi connectivity index (χ4n) is 2.56. The predicted molar refractivity (Wildman–Crippen MR) is 74.2 cm³/mol. The molecule has 1 unspecified atom stereocenters. The number of carbonyl (C=O) groups excluding carboxylic acids is 1. The number of hydrogen-bond acceptors (Lipinski definition) is 3. The van der Waals surface area contributed by atoms with Gasteiger partial charge in [0.05, 0.1) is 5.69 Å². The van der Waals surface area contributed by atoms with Crippen molar-refractivity contribution in [3.05, 3.63) is 23.8 Å². The minimum atomic E-state index is -0.0858. The van der Waals surface area contributed by atoms with Crippen molar-refractivity contribution < 1.29 is 9.53 Å². The van der Waals surface area contributed by atoms with Gasteiger partial charge in [-0.3, -0.25) is 4.79 Å². The highest BCUT2D eigenvalue weighted by atomic mass is 16.5. The van der Waals surface area contributed by atoms with Gasteiger partial charge in [0.25, 0.3) is 5.91 Å². The summed E-state index contributed by atoms with van der Waals surface area (Å²) in [6.45, 7) is 6.63. The van der Waals surface area contributed by atoms with E-state index in [0.29, 0.717) is 5.41 Å². The molecule has 1 aliphatic heterocycles. The Balaban J connectivity index is 1.57. The molecule has 1 aromatic carbocycles. The fourth-order valence-corrected chi connectivity index (χ4v) is 2.56. The molecule has 19 heavy (non-hydrogen) atoms. The number of ether oxygens (including phenoxy) is 1. The highest BCUT2D eigenvalue weighted by molar-refractivity contribution is 5.95. The second kappa shape index (κ2) is 4.53. The Morgan fingerprint density at radius 2 is 2.26 bits per heavy atom. The maximum Gasteiger partial charge on any atom is 0.262 e. The monoisotopic (exact) mass is 260 g/mol. The number of fused-ring (bicyclic) bond motifs is 1. The Morgan fingerprint density at radius 1 is 1.47 bits per heavy atom. The van der Waals surface area contributed by atoms with Crippen molar-refractivity contribution in [3.63, 3.8) is 0 Å². The molecule has 0 saturated heterocycles. The number of carbonyl (C=O) groups is 1. The van der Waals surface area contributed by atoms with Crippen molar-refractivity contribution in [2.75, 3.05) is 18.5 Å². The van der Waals surface area contributed by atoms with Crippen LogP contribution in [0, 0.1) is 11.3 Å². The largest absolute Gasteiger partial charge is 0.482 e. The first-order chi connectivity index (χ1) is 9.04. The number of amides is 1. The van der Waals surface area contributed by atoms with E-state index in [4.69, 9.17) is 4.74 Å². The van der Waals surface area contributed by atoms with Crippen molar-refractivity contribution >= 4 is 11.6 Å². The van der Waals surface area contributed by atoms with Crippen molar-refractivity contribution in [2.45, 2.75) is 26.8 Å². The normalized spacial score (nSPS) is 23.3. The van der Waals surface area contributed by atoms with Crippen LogP contribution in [0.2, 0.25) is 0 Å². The van der Waals surface area contributed by atoms with E-state index >= 15 is 0 Å². The van der Waals surface area contributed by atoms with Crippen LogP contribution in [0.5, 0.6) is 5.75 Å². The standard InChI is InChI=1S/C15H20N2O2/c1-15(2)6-11(15)8-16-7-10-3-4-13-12(5-10)17-14(18)9-19-13/h3-5,11,16H,6-9H2,1-2H3,(H,17,18). The fraction of sp³-hybridized carbons (Fsp3) is 0.533. The van der Waals surface area contributed by atoms with E-state index in [1.165, 1.54) is 12.0 Å². The molecular formula is C15H20N2O2. The molecular weight excluding hydrogens is 240 g/mol. The minimum Gasteiger partial charge on any atom is -0.482 e. The van der Waals surface area contributed by atoms with Crippen LogP contribution in [-0.4, -0.2) is 19.1 Å². The van der Waals surface area contributed by atoms with Gasteiger partial charge in [0.1, 0.15) is 5.75 Å². The van der Waals surface area contributed by atoms with E-state index in [1.54, 1.807) is 0 Å². The van der Waals surface area contributed by atoms with Gasteiger partial charge < -0.3 is 15.4 Å². The third-order valence-corrected chi connectivity index (χ3v) is 4.11. The molecule has 1 amide bonds. The Bertz CT molecular complexity index is 511. The van der Waals surface area contributed by atoms with Crippen LogP contribution in [0.15, 0.2) is 18.2 Å². The number of nitrogens with one attached hydrogen (secondary N) is 2.